The van der Waals surface area contributed by atoms with Gasteiger partial charge in [0.15, 0.2) is 0 Å². The molecule has 0 saturated heterocycles. The Labute approximate surface area is 91.2 Å². The van der Waals surface area contributed by atoms with Crippen molar-refractivity contribution in [2.24, 2.45) is 0 Å². The van der Waals surface area contributed by atoms with Gasteiger partial charge in [0.1, 0.15) is 5.82 Å². The molecule has 82 valence electrons. The van der Waals surface area contributed by atoms with Crippen molar-refractivity contribution in [3.05, 3.63) is 39.9 Å². The molecule has 0 unspecified atom stereocenters. The van der Waals surface area contributed by atoms with Crippen LogP contribution >= 0.6 is 0 Å². The number of rotatable bonds is 2. The molecule has 16 heavy (non-hydrogen) atoms. The summed E-state index contributed by atoms with van der Waals surface area (Å²) in [5.74, 6) is 0.362. The molecule has 3 N–H and O–H groups in total. The van der Waals surface area contributed by atoms with Crippen LogP contribution in [0, 0.1) is 17.0 Å². The van der Waals surface area contributed by atoms with E-state index in [1.165, 1.54) is 12.1 Å². The van der Waals surface area contributed by atoms with Crippen molar-refractivity contribution in [3.8, 4) is 11.3 Å². The van der Waals surface area contributed by atoms with Crippen LogP contribution in [-0.2, 0) is 0 Å². The van der Waals surface area contributed by atoms with Gasteiger partial charge in [0, 0.05) is 23.8 Å². The zero-order valence-corrected chi connectivity index (χ0v) is 8.60. The summed E-state index contributed by atoms with van der Waals surface area (Å²) in [7, 11) is 0. The Morgan fingerprint density at radius 1 is 1.44 bits per heavy atom. The normalized spacial score (nSPS) is 10.3. The highest BCUT2D eigenvalue weighted by atomic mass is 16.6. The molecule has 0 saturated carbocycles. The number of non-ortho nitro benzene ring substituents is 1. The zero-order valence-electron chi connectivity index (χ0n) is 8.60. The maximum absolute atomic E-state index is 10.7. The van der Waals surface area contributed by atoms with Crippen LogP contribution in [0.3, 0.4) is 0 Å². The number of aromatic amines is 1. The average molecular weight is 218 g/mol. The quantitative estimate of drug-likeness (QED) is 0.593. The van der Waals surface area contributed by atoms with Gasteiger partial charge in [-0.25, -0.2) is 0 Å². The molecule has 0 bridgehead atoms. The molecule has 1 aromatic heterocycles. The van der Waals surface area contributed by atoms with Crippen LogP contribution in [0.5, 0.6) is 0 Å². The highest BCUT2D eigenvalue weighted by Crippen LogP contribution is 2.26. The number of hydrogen-bond donors (Lipinski definition) is 2. The second-order valence-electron chi connectivity index (χ2n) is 3.46. The zero-order chi connectivity index (χ0) is 11.7. The molecule has 0 aliphatic heterocycles. The Hall–Kier alpha value is -2.37. The lowest BCUT2D eigenvalue weighted by Gasteiger charge is -2.02. The fraction of sp³-hybridized carbons (Fsp3) is 0.100. The summed E-state index contributed by atoms with van der Waals surface area (Å²) in [6.07, 6.45) is 0. The number of benzene rings is 1. The number of nitrogens with two attached hydrogens (primary N) is 1. The smallest absolute Gasteiger partial charge is 0.270 e. The van der Waals surface area contributed by atoms with Gasteiger partial charge in [-0.05, 0) is 12.5 Å². The molecule has 2 aromatic rings. The molecule has 1 heterocycles. The van der Waals surface area contributed by atoms with E-state index in [-0.39, 0.29) is 5.69 Å². The Bertz CT molecular complexity index is 548. The van der Waals surface area contributed by atoms with Gasteiger partial charge in [-0.2, -0.15) is 5.10 Å². The van der Waals surface area contributed by atoms with Crippen LogP contribution < -0.4 is 5.73 Å². The molecule has 6 nitrogen and oxygen atoms in total. The van der Waals surface area contributed by atoms with E-state index in [0.29, 0.717) is 11.5 Å². The molecule has 6 heteroatoms. The number of aryl methyl sites for hydroxylation is 1. The van der Waals surface area contributed by atoms with E-state index in [9.17, 15) is 10.1 Å². The Kier molecular flexibility index (Phi) is 2.32. The van der Waals surface area contributed by atoms with Gasteiger partial charge in [-0.3, -0.25) is 15.2 Å². The number of H-pyrrole nitrogens is 1. The summed E-state index contributed by atoms with van der Waals surface area (Å²) < 4.78 is 0. The maximum atomic E-state index is 10.7. The first-order valence-corrected chi connectivity index (χ1v) is 4.64. The molecular formula is C10H10N4O2. The maximum Gasteiger partial charge on any atom is 0.270 e. The molecule has 1 aromatic carbocycles. The first kappa shape index (κ1) is 10.2. The van der Waals surface area contributed by atoms with Gasteiger partial charge in [-0.1, -0.05) is 6.07 Å². The minimum absolute atomic E-state index is 0.0498. The van der Waals surface area contributed by atoms with Gasteiger partial charge in [0.25, 0.3) is 5.69 Å². The van der Waals surface area contributed by atoms with Crippen molar-refractivity contribution in [1.29, 1.82) is 0 Å². The number of nitro groups is 1. The first-order valence-electron chi connectivity index (χ1n) is 4.64. The first-order chi connectivity index (χ1) is 7.58. The third-order valence-electron chi connectivity index (χ3n) is 2.32. The molecule has 0 aliphatic carbocycles. The summed E-state index contributed by atoms with van der Waals surface area (Å²) in [6.45, 7) is 1.87. The van der Waals surface area contributed by atoms with Crippen LogP contribution in [0.4, 0.5) is 11.5 Å². The minimum Gasteiger partial charge on any atom is -0.382 e. The van der Waals surface area contributed by atoms with E-state index in [0.717, 1.165) is 11.1 Å². The summed E-state index contributed by atoms with van der Waals surface area (Å²) in [5, 5.41) is 17.2. The SMILES string of the molecule is Cc1ccc([N+](=O)[O-])cc1-c1cc(N)n[nH]1. The average Bonchev–Trinajstić information content (AvgIpc) is 2.65. The molecule has 0 aliphatic rings. The lowest BCUT2D eigenvalue weighted by Crippen LogP contribution is -1.90. The molecule has 0 radical (unpaired) electrons. The standard InChI is InChI=1S/C10H10N4O2/c1-6-2-3-7(14(15)16)4-8(6)9-5-10(11)13-12-9/h2-5H,1H3,(H3,11,12,13). The van der Waals surface area contributed by atoms with E-state index in [4.69, 9.17) is 5.73 Å². The summed E-state index contributed by atoms with van der Waals surface area (Å²) in [5.41, 5.74) is 7.88. The van der Waals surface area contributed by atoms with Crippen LogP contribution in [0.15, 0.2) is 24.3 Å². The third kappa shape index (κ3) is 1.72. The van der Waals surface area contributed by atoms with E-state index in [2.05, 4.69) is 10.2 Å². The van der Waals surface area contributed by atoms with E-state index in [1.54, 1.807) is 12.1 Å². The molecule has 2 rings (SSSR count). The van der Waals surface area contributed by atoms with Gasteiger partial charge < -0.3 is 5.73 Å². The predicted molar refractivity (Wildman–Crippen MR) is 59.8 cm³/mol. The number of nitrogen functional groups attached to an aromatic ring is 1. The van der Waals surface area contributed by atoms with E-state index in [1.807, 2.05) is 6.92 Å². The minimum atomic E-state index is -0.428. The van der Waals surface area contributed by atoms with Crippen LogP contribution in [0.25, 0.3) is 11.3 Å². The lowest BCUT2D eigenvalue weighted by atomic mass is 10.1. The van der Waals surface area contributed by atoms with Crippen molar-refractivity contribution < 1.29 is 4.92 Å². The van der Waals surface area contributed by atoms with Crippen LogP contribution in [0.2, 0.25) is 0 Å². The number of aromatic nitrogens is 2. The van der Waals surface area contributed by atoms with E-state index < -0.39 is 4.92 Å². The van der Waals surface area contributed by atoms with Crippen molar-refractivity contribution in [2.45, 2.75) is 6.92 Å². The number of nitro benzene ring substituents is 1. The second kappa shape index (κ2) is 3.65. The largest absolute Gasteiger partial charge is 0.382 e. The summed E-state index contributed by atoms with van der Waals surface area (Å²) >= 11 is 0. The van der Waals surface area contributed by atoms with Crippen molar-refractivity contribution in [2.75, 3.05) is 5.73 Å². The fourth-order valence-corrected chi connectivity index (χ4v) is 1.49. The number of anilines is 1. The highest BCUT2D eigenvalue weighted by molar-refractivity contribution is 5.68. The van der Waals surface area contributed by atoms with Gasteiger partial charge >= 0.3 is 0 Å². The summed E-state index contributed by atoms with van der Waals surface area (Å²) in [6, 6.07) is 6.32. The number of hydrogen-bond acceptors (Lipinski definition) is 4. The molecule has 0 amide bonds. The van der Waals surface area contributed by atoms with Crippen LogP contribution in [0.1, 0.15) is 5.56 Å². The van der Waals surface area contributed by atoms with Crippen LogP contribution in [-0.4, -0.2) is 15.1 Å². The molecule has 0 spiro atoms. The van der Waals surface area contributed by atoms with Gasteiger partial charge in [-0.15, -0.1) is 0 Å². The van der Waals surface area contributed by atoms with Gasteiger partial charge in [0.2, 0.25) is 0 Å². The highest BCUT2D eigenvalue weighted by Gasteiger charge is 2.11. The molecule has 0 fully saturated rings. The Morgan fingerprint density at radius 2 is 2.19 bits per heavy atom. The van der Waals surface area contributed by atoms with Gasteiger partial charge in [0.05, 0.1) is 10.6 Å². The Morgan fingerprint density at radius 3 is 2.75 bits per heavy atom. The predicted octanol–water partition coefficient (Wildman–Crippen LogP) is 1.88. The summed E-state index contributed by atoms with van der Waals surface area (Å²) in [4.78, 5) is 10.2. The molecular weight excluding hydrogens is 208 g/mol. The number of nitrogens with zero attached hydrogens (tertiary/aromatic N) is 2. The Balaban J connectivity index is 2.55. The number of nitrogens with one attached hydrogen (secondary N) is 1. The van der Waals surface area contributed by atoms with Crippen molar-refractivity contribution in [3.63, 3.8) is 0 Å². The third-order valence-corrected chi connectivity index (χ3v) is 2.32. The molecule has 0 atom stereocenters. The topological polar surface area (TPSA) is 97.8 Å². The van der Waals surface area contributed by atoms with E-state index >= 15 is 0 Å². The second-order valence-corrected chi connectivity index (χ2v) is 3.46. The lowest BCUT2D eigenvalue weighted by molar-refractivity contribution is -0.384. The van der Waals surface area contributed by atoms with Crippen molar-refractivity contribution >= 4 is 11.5 Å². The van der Waals surface area contributed by atoms with Crippen molar-refractivity contribution in [1.82, 2.24) is 10.2 Å². The monoisotopic (exact) mass is 218 g/mol. The fourth-order valence-electron chi connectivity index (χ4n) is 1.49.